The molecule has 0 saturated heterocycles. The maximum atomic E-state index is 13.2. The molecule has 4 aromatic rings. The monoisotopic (exact) mass is 379 g/mol. The van der Waals surface area contributed by atoms with Gasteiger partial charge in [0.1, 0.15) is 12.4 Å². The van der Waals surface area contributed by atoms with Crippen LogP contribution >= 0.6 is 0 Å². The lowest BCUT2D eigenvalue weighted by atomic mass is 10.1. The molecule has 0 bridgehead atoms. The summed E-state index contributed by atoms with van der Waals surface area (Å²) in [5.74, 6) is 0.688. The minimum Gasteiger partial charge on any atom is -0.489 e. The fourth-order valence-corrected chi connectivity index (χ4v) is 3.10. The summed E-state index contributed by atoms with van der Waals surface area (Å²) < 4.78 is 5.87. The third kappa shape index (κ3) is 4.53. The number of hydrogen-bond donors (Lipinski definition) is 0. The van der Waals surface area contributed by atoms with Gasteiger partial charge in [-0.25, -0.2) is 0 Å². The summed E-state index contributed by atoms with van der Waals surface area (Å²) in [7, 11) is 0. The molecule has 0 aliphatic heterocycles. The minimum absolute atomic E-state index is 0.0743. The number of rotatable bonds is 6. The highest BCUT2D eigenvalue weighted by atomic mass is 16.5. The zero-order chi connectivity index (χ0) is 19.9. The molecular weight excluding hydrogens is 358 g/mol. The van der Waals surface area contributed by atoms with Gasteiger partial charge < -0.3 is 4.74 Å². The molecule has 4 rings (SSSR count). The Bertz CT molecular complexity index is 1050. The fraction of sp³-hybridized carbons (Fsp3) is 0.0385. The van der Waals surface area contributed by atoms with Crippen LogP contribution in [0.15, 0.2) is 115 Å². The van der Waals surface area contributed by atoms with Crippen molar-refractivity contribution in [2.45, 2.75) is 6.61 Å². The lowest BCUT2D eigenvalue weighted by molar-refractivity contribution is 0.0999. The van der Waals surface area contributed by atoms with Crippen LogP contribution in [-0.2, 0) is 6.61 Å². The van der Waals surface area contributed by atoms with E-state index in [0.717, 1.165) is 22.7 Å². The highest BCUT2D eigenvalue weighted by Crippen LogP contribution is 2.29. The van der Waals surface area contributed by atoms with Gasteiger partial charge in [0.2, 0.25) is 0 Å². The Kier molecular flexibility index (Phi) is 5.68. The van der Waals surface area contributed by atoms with Crippen molar-refractivity contribution in [1.82, 2.24) is 0 Å². The second-order valence-electron chi connectivity index (χ2n) is 6.61. The molecule has 0 fully saturated rings. The Morgan fingerprint density at radius 3 is 1.76 bits per heavy atom. The van der Waals surface area contributed by atoms with Gasteiger partial charge in [-0.3, -0.25) is 9.69 Å². The van der Waals surface area contributed by atoms with Crippen LogP contribution < -0.4 is 9.64 Å². The Hall–Kier alpha value is -3.85. The summed E-state index contributed by atoms with van der Waals surface area (Å²) >= 11 is 0. The van der Waals surface area contributed by atoms with Crippen LogP contribution in [0.5, 0.6) is 5.75 Å². The van der Waals surface area contributed by atoms with E-state index >= 15 is 0 Å². The predicted octanol–water partition coefficient (Wildman–Crippen LogP) is 6.24. The van der Waals surface area contributed by atoms with Gasteiger partial charge in [-0.1, -0.05) is 66.7 Å². The van der Waals surface area contributed by atoms with E-state index in [2.05, 4.69) is 0 Å². The van der Waals surface area contributed by atoms with Crippen molar-refractivity contribution in [3.05, 3.63) is 126 Å². The molecule has 0 radical (unpaired) electrons. The maximum Gasteiger partial charge on any atom is 0.262 e. The molecule has 1 amide bonds. The Labute approximate surface area is 170 Å². The third-order valence-corrected chi connectivity index (χ3v) is 4.58. The first-order valence-corrected chi connectivity index (χ1v) is 9.52. The molecule has 0 saturated carbocycles. The van der Waals surface area contributed by atoms with Gasteiger partial charge in [0.15, 0.2) is 0 Å². The molecule has 3 heteroatoms. The standard InChI is InChI=1S/C26H21NO2/c28-26(22-12-6-2-7-13-22)27(23-14-8-3-9-15-23)24-16-18-25(19-17-24)29-20-21-10-4-1-5-11-21/h1-19H,20H2. The van der Waals surface area contributed by atoms with Crippen molar-refractivity contribution in [2.24, 2.45) is 0 Å². The van der Waals surface area contributed by atoms with E-state index in [4.69, 9.17) is 4.74 Å². The van der Waals surface area contributed by atoms with Gasteiger partial charge in [0.25, 0.3) is 5.91 Å². The molecule has 29 heavy (non-hydrogen) atoms. The zero-order valence-corrected chi connectivity index (χ0v) is 15.9. The van der Waals surface area contributed by atoms with Gasteiger partial charge in [-0.15, -0.1) is 0 Å². The number of carbonyl (C=O) groups is 1. The van der Waals surface area contributed by atoms with Crippen LogP contribution in [0.2, 0.25) is 0 Å². The van der Waals surface area contributed by atoms with Crippen molar-refractivity contribution in [3.63, 3.8) is 0 Å². The lowest BCUT2D eigenvalue weighted by Crippen LogP contribution is -2.25. The van der Waals surface area contributed by atoms with Gasteiger partial charge in [0.05, 0.1) is 0 Å². The highest BCUT2D eigenvalue weighted by molar-refractivity contribution is 6.10. The molecule has 0 atom stereocenters. The smallest absolute Gasteiger partial charge is 0.262 e. The van der Waals surface area contributed by atoms with Crippen LogP contribution in [0.4, 0.5) is 11.4 Å². The average Bonchev–Trinajstić information content (AvgIpc) is 2.81. The molecular formula is C26H21NO2. The molecule has 142 valence electrons. The van der Waals surface area contributed by atoms with Crippen LogP contribution in [0.3, 0.4) is 0 Å². The molecule has 0 aliphatic carbocycles. The number of anilines is 2. The maximum absolute atomic E-state index is 13.2. The molecule has 0 unspecified atom stereocenters. The lowest BCUT2D eigenvalue weighted by Gasteiger charge is -2.23. The number of para-hydroxylation sites is 1. The predicted molar refractivity (Wildman–Crippen MR) is 117 cm³/mol. The molecule has 4 aromatic carbocycles. The number of amides is 1. The van der Waals surface area contributed by atoms with E-state index < -0.39 is 0 Å². The first-order valence-electron chi connectivity index (χ1n) is 9.52. The molecule has 0 N–H and O–H groups in total. The topological polar surface area (TPSA) is 29.5 Å². The van der Waals surface area contributed by atoms with Gasteiger partial charge in [-0.05, 0) is 54.1 Å². The van der Waals surface area contributed by atoms with E-state index in [-0.39, 0.29) is 5.91 Å². The van der Waals surface area contributed by atoms with Crippen molar-refractivity contribution in [1.29, 1.82) is 0 Å². The van der Waals surface area contributed by atoms with Crippen LogP contribution in [0.1, 0.15) is 15.9 Å². The number of ether oxygens (including phenoxy) is 1. The second-order valence-corrected chi connectivity index (χ2v) is 6.61. The van der Waals surface area contributed by atoms with Gasteiger partial charge >= 0.3 is 0 Å². The number of nitrogens with zero attached hydrogens (tertiary/aromatic N) is 1. The highest BCUT2D eigenvalue weighted by Gasteiger charge is 2.19. The van der Waals surface area contributed by atoms with Crippen LogP contribution in [-0.4, -0.2) is 5.91 Å². The van der Waals surface area contributed by atoms with Gasteiger partial charge in [0, 0.05) is 16.9 Å². The van der Waals surface area contributed by atoms with Crippen molar-refractivity contribution in [2.75, 3.05) is 4.90 Å². The van der Waals surface area contributed by atoms with Gasteiger partial charge in [-0.2, -0.15) is 0 Å². The summed E-state index contributed by atoms with van der Waals surface area (Å²) in [5, 5.41) is 0. The van der Waals surface area contributed by atoms with E-state index in [1.165, 1.54) is 0 Å². The average molecular weight is 379 g/mol. The zero-order valence-electron chi connectivity index (χ0n) is 15.9. The van der Waals surface area contributed by atoms with Crippen LogP contribution in [0, 0.1) is 0 Å². The van der Waals surface area contributed by atoms with E-state index in [0.29, 0.717) is 12.2 Å². The van der Waals surface area contributed by atoms with Crippen molar-refractivity contribution >= 4 is 17.3 Å². The fourth-order valence-electron chi connectivity index (χ4n) is 3.10. The summed E-state index contributed by atoms with van der Waals surface area (Å²) in [4.78, 5) is 15.0. The number of benzene rings is 4. The largest absolute Gasteiger partial charge is 0.489 e. The molecule has 0 aromatic heterocycles. The van der Waals surface area contributed by atoms with E-state index in [9.17, 15) is 4.79 Å². The quantitative estimate of drug-likeness (QED) is 0.397. The third-order valence-electron chi connectivity index (χ3n) is 4.58. The normalized spacial score (nSPS) is 10.3. The summed E-state index contributed by atoms with van der Waals surface area (Å²) in [6, 6.07) is 36.6. The van der Waals surface area contributed by atoms with E-state index in [1.807, 2.05) is 115 Å². The summed E-state index contributed by atoms with van der Waals surface area (Å²) in [6.07, 6.45) is 0. The molecule has 0 aliphatic rings. The minimum atomic E-state index is -0.0743. The Morgan fingerprint density at radius 2 is 1.14 bits per heavy atom. The SMILES string of the molecule is O=C(c1ccccc1)N(c1ccccc1)c1ccc(OCc2ccccc2)cc1. The number of carbonyl (C=O) groups excluding carboxylic acids is 1. The van der Waals surface area contributed by atoms with Crippen molar-refractivity contribution in [3.8, 4) is 5.75 Å². The number of hydrogen-bond acceptors (Lipinski definition) is 2. The summed E-state index contributed by atoms with van der Waals surface area (Å²) in [5.41, 5.74) is 3.36. The Morgan fingerprint density at radius 1 is 0.621 bits per heavy atom. The first kappa shape index (κ1) is 18.5. The van der Waals surface area contributed by atoms with E-state index in [1.54, 1.807) is 4.90 Å². The first-order chi connectivity index (χ1) is 14.3. The second kappa shape index (κ2) is 8.89. The molecule has 0 spiro atoms. The Balaban J connectivity index is 1.58. The van der Waals surface area contributed by atoms with Crippen LogP contribution in [0.25, 0.3) is 0 Å². The molecule has 3 nitrogen and oxygen atoms in total. The molecule has 0 heterocycles. The van der Waals surface area contributed by atoms with Crippen molar-refractivity contribution < 1.29 is 9.53 Å². The summed E-state index contributed by atoms with van der Waals surface area (Å²) in [6.45, 7) is 0.505.